The van der Waals surface area contributed by atoms with E-state index in [1.165, 1.54) is 6.07 Å². The van der Waals surface area contributed by atoms with Gasteiger partial charge in [-0.15, -0.1) is 0 Å². The number of primary amides is 1. The molecule has 0 aliphatic heterocycles. The van der Waals surface area contributed by atoms with E-state index in [2.05, 4.69) is 10.1 Å². The average molecular weight is 323 g/mol. The van der Waals surface area contributed by atoms with Crippen molar-refractivity contribution in [2.45, 2.75) is 20.0 Å². The molecule has 0 saturated heterocycles. The Labute approximate surface area is 138 Å². The molecule has 0 fully saturated rings. The number of amides is 1. The number of pyridine rings is 1. The number of carbonyl (C=O) groups excluding carboxylic acids is 1. The Hall–Kier alpha value is -3.22. The molecule has 0 saturated carbocycles. The first-order valence-electron chi connectivity index (χ1n) is 7.58. The van der Waals surface area contributed by atoms with Gasteiger partial charge >= 0.3 is 0 Å². The summed E-state index contributed by atoms with van der Waals surface area (Å²) in [5, 5.41) is 4.47. The third-order valence-corrected chi connectivity index (χ3v) is 3.69. The van der Waals surface area contributed by atoms with Crippen LogP contribution in [0.25, 0.3) is 11.4 Å². The van der Waals surface area contributed by atoms with E-state index in [1.54, 1.807) is 51.8 Å². The van der Waals surface area contributed by atoms with Gasteiger partial charge in [-0.25, -0.2) is 9.67 Å². The standard InChI is InChI=1S/C17H17N5O2/c1-2-22-14(11-21-10-4-3-5-15(21)23)19-17(20-22)13-8-6-12(7-9-13)16(18)24/h3-10H,2,11H2,1H3,(H2,18,24). The average Bonchev–Trinajstić information content (AvgIpc) is 3.00. The van der Waals surface area contributed by atoms with Crippen molar-refractivity contribution in [1.29, 1.82) is 0 Å². The first-order chi connectivity index (χ1) is 11.6. The number of benzene rings is 1. The number of rotatable bonds is 5. The van der Waals surface area contributed by atoms with Gasteiger partial charge in [-0.05, 0) is 25.1 Å². The highest BCUT2D eigenvalue weighted by Gasteiger charge is 2.12. The summed E-state index contributed by atoms with van der Waals surface area (Å²) in [6.07, 6.45) is 1.72. The lowest BCUT2D eigenvalue weighted by atomic mass is 10.1. The molecule has 3 aromatic rings. The van der Waals surface area contributed by atoms with Gasteiger partial charge in [-0.3, -0.25) is 9.59 Å². The Morgan fingerprint density at radius 1 is 1.17 bits per heavy atom. The number of nitrogens with two attached hydrogens (primary N) is 1. The van der Waals surface area contributed by atoms with Gasteiger partial charge in [0, 0.05) is 29.9 Å². The lowest BCUT2D eigenvalue weighted by molar-refractivity contribution is 0.100. The zero-order chi connectivity index (χ0) is 17.1. The zero-order valence-corrected chi connectivity index (χ0v) is 13.2. The van der Waals surface area contributed by atoms with Gasteiger partial charge in [0.1, 0.15) is 5.82 Å². The van der Waals surface area contributed by atoms with Gasteiger partial charge < -0.3 is 10.3 Å². The van der Waals surface area contributed by atoms with Crippen LogP contribution < -0.4 is 11.3 Å². The van der Waals surface area contributed by atoms with E-state index < -0.39 is 5.91 Å². The van der Waals surface area contributed by atoms with E-state index in [-0.39, 0.29) is 5.56 Å². The summed E-state index contributed by atoms with van der Waals surface area (Å²) in [5.41, 5.74) is 6.38. The fourth-order valence-corrected chi connectivity index (χ4v) is 2.39. The van der Waals surface area contributed by atoms with Crippen molar-refractivity contribution in [3.05, 3.63) is 70.4 Å². The molecule has 0 unspecified atom stereocenters. The van der Waals surface area contributed by atoms with Crippen molar-refractivity contribution in [2.75, 3.05) is 0 Å². The molecule has 0 spiro atoms. The highest BCUT2D eigenvalue weighted by atomic mass is 16.1. The van der Waals surface area contributed by atoms with Gasteiger partial charge in [0.15, 0.2) is 5.82 Å². The summed E-state index contributed by atoms with van der Waals surface area (Å²) in [6, 6.07) is 11.8. The molecule has 2 N–H and O–H groups in total. The predicted octanol–water partition coefficient (Wildman–Crippen LogP) is 1.27. The van der Waals surface area contributed by atoms with Crippen molar-refractivity contribution < 1.29 is 4.79 Å². The minimum Gasteiger partial charge on any atom is -0.366 e. The summed E-state index contributed by atoms with van der Waals surface area (Å²) in [5.74, 6) is 0.768. The summed E-state index contributed by atoms with van der Waals surface area (Å²) in [6.45, 7) is 2.95. The quantitative estimate of drug-likeness (QED) is 0.765. The van der Waals surface area contributed by atoms with Crippen LogP contribution in [0.2, 0.25) is 0 Å². The van der Waals surface area contributed by atoms with Crippen LogP contribution in [-0.4, -0.2) is 25.2 Å². The van der Waals surface area contributed by atoms with E-state index in [0.717, 1.165) is 5.56 Å². The van der Waals surface area contributed by atoms with Gasteiger partial charge in [0.2, 0.25) is 5.91 Å². The summed E-state index contributed by atoms with van der Waals surface area (Å²) in [4.78, 5) is 27.5. The smallest absolute Gasteiger partial charge is 0.250 e. The zero-order valence-electron chi connectivity index (χ0n) is 13.2. The second-order valence-electron chi connectivity index (χ2n) is 5.28. The van der Waals surface area contributed by atoms with Gasteiger partial charge in [-0.1, -0.05) is 18.2 Å². The molecule has 2 heterocycles. The van der Waals surface area contributed by atoms with Crippen LogP contribution in [0.5, 0.6) is 0 Å². The van der Waals surface area contributed by atoms with E-state index in [9.17, 15) is 9.59 Å². The number of hydrogen-bond acceptors (Lipinski definition) is 4. The van der Waals surface area contributed by atoms with Crippen LogP contribution in [0.1, 0.15) is 23.1 Å². The summed E-state index contributed by atoms with van der Waals surface area (Å²) < 4.78 is 3.34. The molecule has 1 amide bonds. The number of aryl methyl sites for hydroxylation is 1. The van der Waals surface area contributed by atoms with Crippen molar-refractivity contribution in [2.24, 2.45) is 5.73 Å². The summed E-state index contributed by atoms with van der Waals surface area (Å²) >= 11 is 0. The Kier molecular flexibility index (Phi) is 4.24. The van der Waals surface area contributed by atoms with E-state index in [0.29, 0.717) is 30.3 Å². The van der Waals surface area contributed by atoms with E-state index in [4.69, 9.17) is 5.73 Å². The van der Waals surface area contributed by atoms with Crippen LogP contribution in [-0.2, 0) is 13.1 Å². The maximum Gasteiger partial charge on any atom is 0.250 e. The van der Waals surface area contributed by atoms with Gasteiger partial charge in [0.25, 0.3) is 5.56 Å². The van der Waals surface area contributed by atoms with Crippen LogP contribution >= 0.6 is 0 Å². The lowest BCUT2D eigenvalue weighted by Crippen LogP contribution is -2.20. The molecular formula is C17H17N5O2. The Bertz CT molecular complexity index is 925. The second-order valence-corrected chi connectivity index (χ2v) is 5.28. The number of carbonyl (C=O) groups is 1. The Balaban J connectivity index is 1.94. The van der Waals surface area contributed by atoms with Crippen molar-refractivity contribution in [3.63, 3.8) is 0 Å². The molecular weight excluding hydrogens is 306 g/mol. The molecule has 1 aromatic carbocycles. The number of aromatic nitrogens is 4. The van der Waals surface area contributed by atoms with E-state index >= 15 is 0 Å². The largest absolute Gasteiger partial charge is 0.366 e. The first-order valence-corrected chi connectivity index (χ1v) is 7.58. The SMILES string of the molecule is CCn1nc(-c2ccc(C(N)=O)cc2)nc1Cn1ccccc1=O. The molecule has 0 aliphatic rings. The molecule has 0 bridgehead atoms. The minimum atomic E-state index is -0.474. The van der Waals surface area contributed by atoms with E-state index in [1.807, 2.05) is 6.92 Å². The molecule has 0 radical (unpaired) electrons. The third kappa shape index (κ3) is 3.10. The van der Waals surface area contributed by atoms with Crippen LogP contribution in [0.15, 0.2) is 53.5 Å². The topological polar surface area (TPSA) is 95.8 Å². The molecule has 7 nitrogen and oxygen atoms in total. The minimum absolute atomic E-state index is 0.0875. The Morgan fingerprint density at radius 2 is 1.92 bits per heavy atom. The first kappa shape index (κ1) is 15.7. The van der Waals surface area contributed by atoms with Gasteiger partial charge in [-0.2, -0.15) is 5.10 Å². The highest BCUT2D eigenvalue weighted by molar-refractivity contribution is 5.93. The molecule has 24 heavy (non-hydrogen) atoms. The second kappa shape index (κ2) is 6.49. The predicted molar refractivity (Wildman–Crippen MR) is 89.5 cm³/mol. The molecule has 3 rings (SSSR count). The maximum atomic E-state index is 11.9. The monoisotopic (exact) mass is 323 g/mol. The van der Waals surface area contributed by atoms with Gasteiger partial charge in [0.05, 0.1) is 6.54 Å². The molecule has 2 aromatic heterocycles. The molecule has 0 atom stereocenters. The fraction of sp³-hybridized carbons (Fsp3) is 0.176. The fourth-order valence-electron chi connectivity index (χ4n) is 2.39. The lowest BCUT2D eigenvalue weighted by Gasteiger charge is -2.04. The summed E-state index contributed by atoms with van der Waals surface area (Å²) in [7, 11) is 0. The van der Waals surface area contributed by atoms with Crippen LogP contribution in [0, 0.1) is 0 Å². The van der Waals surface area contributed by atoms with Crippen LogP contribution in [0.4, 0.5) is 0 Å². The van der Waals surface area contributed by atoms with Crippen molar-refractivity contribution >= 4 is 5.91 Å². The van der Waals surface area contributed by atoms with Crippen LogP contribution in [0.3, 0.4) is 0 Å². The van der Waals surface area contributed by atoms with Crippen molar-refractivity contribution in [3.8, 4) is 11.4 Å². The Morgan fingerprint density at radius 3 is 2.54 bits per heavy atom. The normalized spacial score (nSPS) is 10.7. The maximum absolute atomic E-state index is 11.9. The molecule has 7 heteroatoms. The van der Waals surface area contributed by atoms with Crippen molar-refractivity contribution in [1.82, 2.24) is 19.3 Å². The number of nitrogens with zero attached hydrogens (tertiary/aromatic N) is 4. The molecule has 0 aliphatic carbocycles. The third-order valence-electron chi connectivity index (χ3n) is 3.69. The molecule has 122 valence electrons. The highest BCUT2D eigenvalue weighted by Crippen LogP contribution is 2.17. The number of hydrogen-bond donors (Lipinski definition) is 1.